The lowest BCUT2D eigenvalue weighted by Crippen LogP contribution is -2.18. The first-order chi connectivity index (χ1) is 62.4. The number of unbranched alkanes of at least 4 members (excludes halogenated alkanes) is 48. The first-order valence-electron chi connectivity index (χ1n) is 53.9. The van der Waals surface area contributed by atoms with E-state index >= 15 is 0 Å². The smallest absolute Gasteiger partial charge is 0.119 e. The Hall–Kier alpha value is -6.66. The number of hydrogen-bond donors (Lipinski definition) is 0. The van der Waals surface area contributed by atoms with E-state index in [1.54, 1.807) is 33.4 Å². The van der Waals surface area contributed by atoms with E-state index in [0.717, 1.165) is 190 Å². The average molecular weight is 1720 g/mol. The second-order valence-corrected chi connectivity index (χ2v) is 37.8. The predicted molar refractivity (Wildman–Crippen MR) is 546 cm³/mol. The van der Waals surface area contributed by atoms with Crippen LogP contribution in [0.1, 0.15) is 455 Å². The fraction of sp³-hybridized carbons (Fsp3) is 0.650. The maximum Gasteiger partial charge on any atom is 0.119 e. The topological polar surface area (TPSA) is 55.4 Å². The predicted octanol–water partition coefficient (Wildman–Crippen LogP) is 35.9. The van der Waals surface area contributed by atoms with E-state index in [1.165, 1.54) is 342 Å². The van der Waals surface area contributed by atoms with Gasteiger partial charge in [-0.15, -0.1) is 0 Å². The van der Waals surface area contributed by atoms with Crippen LogP contribution in [0.3, 0.4) is 0 Å². The third-order valence-electron chi connectivity index (χ3n) is 26.8. The molecule has 0 atom stereocenters. The highest BCUT2D eigenvalue weighted by molar-refractivity contribution is 5.55. The van der Waals surface area contributed by atoms with Crippen molar-refractivity contribution >= 4 is 0 Å². The number of hydrogen-bond acceptors (Lipinski definition) is 6. The van der Waals surface area contributed by atoms with E-state index in [2.05, 4.69) is 187 Å². The van der Waals surface area contributed by atoms with E-state index in [0.29, 0.717) is 0 Å². The molecular formula is C120H186O6. The molecule has 0 radical (unpaired) electrons. The summed E-state index contributed by atoms with van der Waals surface area (Å²) in [5, 5.41) is 0. The Morgan fingerprint density at radius 3 is 0.333 bits per heavy atom. The molecule has 126 heavy (non-hydrogen) atoms. The Kier molecular flexibility index (Phi) is 61.7. The molecule has 7 aromatic carbocycles. The molecule has 0 amide bonds. The van der Waals surface area contributed by atoms with Gasteiger partial charge in [-0.2, -0.15) is 0 Å². The third kappa shape index (κ3) is 49.4. The standard InChI is InChI=1S/C120H186O6/c1-7-13-19-25-31-37-43-49-55-97-121-109-79-61-103(62-80-109)73-91-115-116(92-74-104-63-81-110(82-64-104)122-98-56-50-44-38-32-26-20-14-8-2)118(94-76-106-67-85-112(86-68-106)124-100-58-52-46-40-34-28-22-16-10-4)120(96-78-108-71-89-114(90-72-108)126-102-60-54-48-42-36-30-24-18-12-6)119(95-77-107-69-87-113(88-70-107)125-101-59-53-47-41-35-29-23-17-11-5)117(115)93-75-105-65-83-111(84-66-105)123-99-57-51-45-39-33-27-21-15-9-3/h61-72,79-90H,7-60,73-78,91-102H2,1-6H3. The number of ether oxygens (including phenoxy) is 6. The summed E-state index contributed by atoms with van der Waals surface area (Å²) in [4.78, 5) is 0. The van der Waals surface area contributed by atoms with Gasteiger partial charge in [-0.3, -0.25) is 0 Å². The molecule has 0 unspecified atom stereocenters. The lowest BCUT2D eigenvalue weighted by Gasteiger charge is -2.28. The summed E-state index contributed by atoms with van der Waals surface area (Å²) >= 11 is 0. The highest BCUT2D eigenvalue weighted by Crippen LogP contribution is 2.37. The second-order valence-electron chi connectivity index (χ2n) is 37.8. The molecular weight excluding hydrogens is 1540 g/mol. The van der Waals surface area contributed by atoms with Crippen molar-refractivity contribution in [2.75, 3.05) is 39.6 Å². The van der Waals surface area contributed by atoms with Gasteiger partial charge in [0.25, 0.3) is 0 Å². The first kappa shape index (κ1) is 106. The zero-order valence-electron chi connectivity index (χ0n) is 82.2. The molecule has 6 heteroatoms. The minimum atomic E-state index is 0.776. The first-order valence-corrected chi connectivity index (χ1v) is 53.9. The molecule has 0 heterocycles. The molecule has 7 rings (SSSR count). The highest BCUT2D eigenvalue weighted by atomic mass is 16.5. The Balaban J connectivity index is 1.28. The Morgan fingerprint density at radius 1 is 0.119 bits per heavy atom. The Morgan fingerprint density at radius 2 is 0.222 bits per heavy atom. The summed E-state index contributed by atoms with van der Waals surface area (Å²) in [6.07, 6.45) is 82.1. The maximum atomic E-state index is 6.52. The molecule has 0 saturated carbocycles. The quantitative estimate of drug-likeness (QED) is 0.0354. The van der Waals surface area contributed by atoms with Gasteiger partial charge < -0.3 is 28.4 Å². The molecule has 0 aliphatic heterocycles. The van der Waals surface area contributed by atoms with Gasteiger partial charge in [0.15, 0.2) is 0 Å². The molecule has 0 aliphatic rings. The summed E-state index contributed by atoms with van der Waals surface area (Å²) in [5.74, 6) is 5.92. The molecule has 0 saturated heterocycles. The van der Waals surface area contributed by atoms with Crippen molar-refractivity contribution in [3.8, 4) is 34.5 Å². The monoisotopic (exact) mass is 1720 g/mol. The van der Waals surface area contributed by atoms with Gasteiger partial charge in [-0.1, -0.05) is 423 Å². The molecule has 0 aliphatic carbocycles. The van der Waals surface area contributed by atoms with Gasteiger partial charge in [0.2, 0.25) is 0 Å². The van der Waals surface area contributed by atoms with E-state index in [1.807, 2.05) is 0 Å². The van der Waals surface area contributed by atoms with Crippen LogP contribution in [0, 0.1) is 0 Å². The third-order valence-corrected chi connectivity index (χ3v) is 26.8. The SMILES string of the molecule is CCCCCCCCCCCOc1ccc(CCc2c(CCc3ccc(OCCCCCCCCCCC)cc3)c(CCc3ccc(OCCCCCCCCCCC)cc3)c(CCc3ccc(OCCCCCCCCCCC)cc3)c(CCc3ccc(OCCCCCCCCCCC)cc3)c2CCc2ccc(OCCCCCCCCCCC)cc2)cc1. The average Bonchev–Trinajstić information content (AvgIpc) is 0.760. The molecule has 0 bridgehead atoms. The van der Waals surface area contributed by atoms with Crippen LogP contribution in [0.5, 0.6) is 34.5 Å². The molecule has 6 nitrogen and oxygen atoms in total. The normalized spacial score (nSPS) is 11.5. The van der Waals surface area contributed by atoms with Gasteiger partial charge in [-0.25, -0.2) is 0 Å². The molecule has 0 fully saturated rings. The van der Waals surface area contributed by atoms with Crippen molar-refractivity contribution in [1.29, 1.82) is 0 Å². The molecule has 0 aromatic heterocycles. The number of rotatable bonds is 84. The van der Waals surface area contributed by atoms with Crippen molar-refractivity contribution < 1.29 is 28.4 Å². The van der Waals surface area contributed by atoms with E-state index in [4.69, 9.17) is 28.4 Å². The van der Waals surface area contributed by atoms with Crippen LogP contribution in [0.2, 0.25) is 0 Å². The molecule has 0 N–H and O–H groups in total. The number of aryl methyl sites for hydroxylation is 6. The largest absolute Gasteiger partial charge is 0.494 e. The van der Waals surface area contributed by atoms with Crippen molar-refractivity contribution in [2.24, 2.45) is 0 Å². The van der Waals surface area contributed by atoms with Crippen LogP contribution >= 0.6 is 0 Å². The van der Waals surface area contributed by atoms with Gasteiger partial charge in [0, 0.05) is 0 Å². The highest BCUT2D eigenvalue weighted by Gasteiger charge is 2.25. The van der Waals surface area contributed by atoms with Crippen LogP contribution in [0.4, 0.5) is 0 Å². The van der Waals surface area contributed by atoms with Crippen LogP contribution in [-0.4, -0.2) is 39.6 Å². The van der Waals surface area contributed by atoms with Crippen LogP contribution < -0.4 is 28.4 Å². The fourth-order valence-electron chi connectivity index (χ4n) is 18.7. The zero-order chi connectivity index (χ0) is 88.5. The van der Waals surface area contributed by atoms with E-state index < -0.39 is 0 Å². The second kappa shape index (κ2) is 73.1. The van der Waals surface area contributed by atoms with Crippen LogP contribution in [0.25, 0.3) is 0 Å². The Bertz CT molecular complexity index is 3000. The summed E-state index contributed by atoms with van der Waals surface area (Å²) in [6, 6.07) is 55.6. The lowest BCUT2D eigenvalue weighted by molar-refractivity contribution is 0.304. The van der Waals surface area contributed by atoms with Crippen LogP contribution in [0.15, 0.2) is 146 Å². The van der Waals surface area contributed by atoms with Crippen molar-refractivity contribution in [3.63, 3.8) is 0 Å². The fourth-order valence-corrected chi connectivity index (χ4v) is 18.7. The van der Waals surface area contributed by atoms with Crippen molar-refractivity contribution in [2.45, 2.75) is 465 Å². The number of benzene rings is 7. The van der Waals surface area contributed by atoms with Gasteiger partial charge >= 0.3 is 0 Å². The molecule has 7 aromatic rings. The summed E-state index contributed by atoms with van der Waals surface area (Å²) in [7, 11) is 0. The molecule has 0 spiro atoms. The summed E-state index contributed by atoms with van der Waals surface area (Å²) in [6.45, 7) is 18.5. The van der Waals surface area contributed by atoms with E-state index in [9.17, 15) is 0 Å². The van der Waals surface area contributed by atoms with Crippen LogP contribution in [-0.2, 0) is 77.0 Å². The Labute approximate surface area is 775 Å². The van der Waals surface area contributed by atoms with Crippen molar-refractivity contribution in [3.05, 3.63) is 212 Å². The minimum Gasteiger partial charge on any atom is -0.494 e. The summed E-state index contributed by atoms with van der Waals surface area (Å²) < 4.78 is 39.1. The van der Waals surface area contributed by atoms with Crippen molar-refractivity contribution in [1.82, 2.24) is 0 Å². The van der Waals surface area contributed by atoms with Gasteiger partial charge in [0.05, 0.1) is 39.6 Å². The minimum absolute atomic E-state index is 0.776. The summed E-state index contributed by atoms with van der Waals surface area (Å²) in [5.41, 5.74) is 17.6. The molecule has 702 valence electrons. The van der Waals surface area contributed by atoms with E-state index in [-0.39, 0.29) is 0 Å². The zero-order valence-corrected chi connectivity index (χ0v) is 82.2. The van der Waals surface area contributed by atoms with Gasteiger partial charge in [0.1, 0.15) is 34.5 Å². The lowest BCUT2D eigenvalue weighted by atomic mass is 9.76. The van der Waals surface area contributed by atoms with Gasteiger partial charge in [-0.05, 0) is 255 Å². The maximum absolute atomic E-state index is 6.52.